The summed E-state index contributed by atoms with van der Waals surface area (Å²) in [6, 6.07) is 4.84. The van der Waals surface area contributed by atoms with E-state index in [1.807, 2.05) is 11.8 Å². The minimum atomic E-state index is -4.56. The van der Waals surface area contributed by atoms with Gasteiger partial charge in [-0.3, -0.25) is 24.2 Å². The van der Waals surface area contributed by atoms with Crippen molar-refractivity contribution in [2.45, 2.75) is 20.0 Å². The molecule has 1 aliphatic rings. The van der Waals surface area contributed by atoms with E-state index in [-0.39, 0.29) is 36.6 Å². The van der Waals surface area contributed by atoms with Gasteiger partial charge in [-0.2, -0.15) is 13.2 Å². The summed E-state index contributed by atoms with van der Waals surface area (Å²) >= 11 is 0. The van der Waals surface area contributed by atoms with E-state index in [4.69, 9.17) is 4.74 Å². The van der Waals surface area contributed by atoms with Crippen molar-refractivity contribution < 1.29 is 32.3 Å². The molecule has 0 bridgehead atoms. The lowest BCUT2D eigenvalue weighted by Crippen LogP contribution is -2.52. The molecule has 0 spiro atoms. The number of piperazine rings is 1. The third-order valence-corrected chi connectivity index (χ3v) is 5.54. The molecule has 1 atom stereocenters. The van der Waals surface area contributed by atoms with Crippen LogP contribution in [0.15, 0.2) is 24.3 Å². The maximum Gasteiger partial charge on any atom is 0.418 e. The van der Waals surface area contributed by atoms with Crippen molar-refractivity contribution in [1.82, 2.24) is 14.7 Å². The molecule has 1 unspecified atom stereocenters. The van der Waals surface area contributed by atoms with Crippen LogP contribution in [0.25, 0.3) is 0 Å². The molecule has 1 aliphatic heterocycles. The van der Waals surface area contributed by atoms with Crippen molar-refractivity contribution in [3.63, 3.8) is 0 Å². The second kappa shape index (κ2) is 12.0. The Morgan fingerprint density at radius 2 is 1.79 bits per heavy atom. The molecule has 1 aromatic rings. The summed E-state index contributed by atoms with van der Waals surface area (Å²) in [5, 5.41) is 2.34. The first-order chi connectivity index (χ1) is 15.5. The first-order valence-corrected chi connectivity index (χ1v) is 10.8. The molecule has 33 heavy (non-hydrogen) atoms. The smallest absolute Gasteiger partial charge is 0.418 e. The van der Waals surface area contributed by atoms with Crippen molar-refractivity contribution in [1.29, 1.82) is 0 Å². The van der Waals surface area contributed by atoms with Crippen LogP contribution in [-0.4, -0.2) is 92.0 Å². The number of carbonyl (C=O) groups excluding carboxylic acids is 3. The van der Waals surface area contributed by atoms with E-state index in [9.17, 15) is 27.6 Å². The Balaban J connectivity index is 1.82. The van der Waals surface area contributed by atoms with E-state index in [0.29, 0.717) is 39.3 Å². The van der Waals surface area contributed by atoms with Crippen molar-refractivity contribution >= 4 is 23.5 Å². The van der Waals surface area contributed by atoms with Crippen LogP contribution in [0.3, 0.4) is 0 Å². The second-order valence-corrected chi connectivity index (χ2v) is 8.00. The molecule has 8 nitrogen and oxygen atoms in total. The number of nitrogens with one attached hydrogen (secondary N) is 1. The number of hydrogen-bond donors (Lipinski definition) is 1. The van der Waals surface area contributed by atoms with Gasteiger partial charge in [-0.1, -0.05) is 26.0 Å². The summed E-state index contributed by atoms with van der Waals surface area (Å²) in [5.41, 5.74) is -1.17. The number of nitrogens with zero attached hydrogens (tertiary/aromatic N) is 3. The Morgan fingerprint density at radius 3 is 2.36 bits per heavy atom. The number of anilines is 1. The van der Waals surface area contributed by atoms with Crippen molar-refractivity contribution in [3.8, 4) is 0 Å². The monoisotopic (exact) mass is 472 g/mol. The van der Waals surface area contributed by atoms with Crippen LogP contribution in [0.4, 0.5) is 18.9 Å². The van der Waals surface area contributed by atoms with Gasteiger partial charge in [0.05, 0.1) is 37.4 Å². The molecule has 1 fully saturated rings. The number of rotatable bonds is 9. The average Bonchev–Trinajstić information content (AvgIpc) is 2.77. The minimum absolute atomic E-state index is 0.0635. The number of alkyl halides is 3. The van der Waals surface area contributed by atoms with Crippen LogP contribution >= 0.6 is 0 Å². The highest BCUT2D eigenvalue weighted by Crippen LogP contribution is 2.34. The van der Waals surface area contributed by atoms with Gasteiger partial charge in [-0.15, -0.1) is 0 Å². The van der Waals surface area contributed by atoms with Crippen LogP contribution in [0.5, 0.6) is 0 Å². The second-order valence-electron chi connectivity index (χ2n) is 8.00. The van der Waals surface area contributed by atoms with Gasteiger partial charge < -0.3 is 15.0 Å². The number of likely N-dealkylation sites (N-methyl/N-ethyl adjacent to an activating group) is 1. The lowest BCUT2D eigenvalue weighted by Gasteiger charge is -2.35. The van der Waals surface area contributed by atoms with Crippen LogP contribution in [0, 0.1) is 5.92 Å². The fourth-order valence-electron chi connectivity index (χ4n) is 3.65. The maximum absolute atomic E-state index is 13.1. The molecular weight excluding hydrogens is 441 g/mol. The normalized spacial score (nSPS) is 15.9. The molecule has 1 N–H and O–H groups in total. The fraction of sp³-hybridized carbons (Fsp3) is 0.591. The molecule has 11 heteroatoms. The zero-order valence-electron chi connectivity index (χ0n) is 19.2. The molecule has 184 valence electrons. The Bertz CT molecular complexity index is 826. The van der Waals surface area contributed by atoms with E-state index in [0.717, 1.165) is 6.07 Å². The molecular formula is C22H31F3N4O4. The third-order valence-electron chi connectivity index (χ3n) is 5.54. The van der Waals surface area contributed by atoms with Crippen LogP contribution in [-0.2, 0) is 25.3 Å². The molecule has 0 aliphatic carbocycles. The summed E-state index contributed by atoms with van der Waals surface area (Å²) < 4.78 is 44.0. The van der Waals surface area contributed by atoms with Gasteiger partial charge in [-0.25, -0.2) is 0 Å². The number of benzene rings is 1. The van der Waals surface area contributed by atoms with E-state index < -0.39 is 17.6 Å². The van der Waals surface area contributed by atoms with Gasteiger partial charge in [0.1, 0.15) is 0 Å². The number of methoxy groups -OCH3 is 1. The zero-order valence-corrected chi connectivity index (χ0v) is 19.2. The number of ether oxygens (including phenoxy) is 1. The Hall–Kier alpha value is -2.66. The van der Waals surface area contributed by atoms with E-state index in [1.165, 1.54) is 25.3 Å². The maximum atomic E-state index is 13.1. The quantitative estimate of drug-likeness (QED) is 0.553. The van der Waals surface area contributed by atoms with Crippen LogP contribution in [0.1, 0.15) is 19.4 Å². The first-order valence-electron chi connectivity index (χ1n) is 10.8. The molecule has 0 radical (unpaired) electrons. The first kappa shape index (κ1) is 26.6. The highest BCUT2D eigenvalue weighted by Gasteiger charge is 2.33. The lowest BCUT2D eigenvalue weighted by molar-refractivity contribution is -0.146. The highest BCUT2D eigenvalue weighted by atomic mass is 19.4. The summed E-state index contributed by atoms with van der Waals surface area (Å²) in [6.45, 7) is 6.47. The SMILES string of the molecule is CCN(CC(=O)N1CCN(CC(=O)Nc2ccccc2C(F)(F)F)CC1)CC(C)C(=O)OC. The molecule has 2 amide bonds. The molecule has 1 aromatic carbocycles. The summed E-state index contributed by atoms with van der Waals surface area (Å²) in [6.07, 6.45) is -4.56. The standard InChI is InChI=1S/C22H31F3N4O4/c1-4-27(13-16(2)21(32)33-3)15-20(31)29-11-9-28(10-12-29)14-19(30)26-18-8-6-5-7-17(18)22(23,24)25/h5-8,16H,4,9-15H2,1-3H3,(H,26,30). The molecule has 0 saturated carbocycles. The summed E-state index contributed by atoms with van der Waals surface area (Å²) in [7, 11) is 1.33. The van der Waals surface area contributed by atoms with E-state index in [2.05, 4.69) is 5.32 Å². The predicted molar refractivity (Wildman–Crippen MR) is 116 cm³/mol. The number of hydrogen-bond acceptors (Lipinski definition) is 6. The number of para-hydroxylation sites is 1. The molecule has 0 aromatic heterocycles. The van der Waals surface area contributed by atoms with Gasteiger partial charge >= 0.3 is 12.1 Å². The van der Waals surface area contributed by atoms with Crippen molar-refractivity contribution in [2.24, 2.45) is 5.92 Å². The highest BCUT2D eigenvalue weighted by molar-refractivity contribution is 5.93. The van der Waals surface area contributed by atoms with E-state index >= 15 is 0 Å². The van der Waals surface area contributed by atoms with Crippen LogP contribution in [0.2, 0.25) is 0 Å². The topological polar surface area (TPSA) is 82.2 Å². The van der Waals surface area contributed by atoms with Gasteiger partial charge in [0, 0.05) is 32.7 Å². The van der Waals surface area contributed by atoms with Gasteiger partial charge in [-0.05, 0) is 18.7 Å². The summed E-state index contributed by atoms with van der Waals surface area (Å²) in [5.74, 6) is -1.29. The fourth-order valence-corrected chi connectivity index (χ4v) is 3.65. The van der Waals surface area contributed by atoms with Gasteiger partial charge in [0.15, 0.2) is 0 Å². The minimum Gasteiger partial charge on any atom is -0.469 e. The Labute approximate surface area is 191 Å². The van der Waals surface area contributed by atoms with E-state index in [1.54, 1.807) is 16.7 Å². The summed E-state index contributed by atoms with van der Waals surface area (Å²) in [4.78, 5) is 41.9. The average molecular weight is 473 g/mol. The predicted octanol–water partition coefficient (Wildman–Crippen LogP) is 1.92. The number of amides is 2. The molecule has 1 saturated heterocycles. The van der Waals surface area contributed by atoms with Gasteiger partial charge in [0.25, 0.3) is 0 Å². The van der Waals surface area contributed by atoms with Crippen LogP contribution < -0.4 is 5.32 Å². The number of esters is 1. The molecule has 1 heterocycles. The van der Waals surface area contributed by atoms with Crippen molar-refractivity contribution in [2.75, 3.05) is 64.8 Å². The third kappa shape index (κ3) is 8.01. The lowest BCUT2D eigenvalue weighted by atomic mass is 10.1. The Kier molecular flexibility index (Phi) is 9.66. The van der Waals surface area contributed by atoms with Gasteiger partial charge in [0.2, 0.25) is 11.8 Å². The number of carbonyl (C=O) groups is 3. The zero-order chi connectivity index (χ0) is 24.6. The van der Waals surface area contributed by atoms with Crippen molar-refractivity contribution in [3.05, 3.63) is 29.8 Å². The molecule has 2 rings (SSSR count). The Morgan fingerprint density at radius 1 is 1.15 bits per heavy atom. The largest absolute Gasteiger partial charge is 0.469 e. The number of halogens is 3.